The van der Waals surface area contributed by atoms with Crippen LogP contribution in [0.3, 0.4) is 0 Å². The van der Waals surface area contributed by atoms with E-state index >= 15 is 0 Å². The van der Waals surface area contributed by atoms with Crippen LogP contribution in [-0.2, 0) is 14.4 Å². The second-order valence-electron chi connectivity index (χ2n) is 14.5. The highest BCUT2D eigenvalue weighted by atomic mass is 16.4. The highest BCUT2D eigenvalue weighted by Gasteiger charge is 2.50. The summed E-state index contributed by atoms with van der Waals surface area (Å²) < 4.78 is 0. The zero-order valence-electron chi connectivity index (χ0n) is 32.3. The van der Waals surface area contributed by atoms with Crippen molar-refractivity contribution in [3.63, 3.8) is 0 Å². The zero-order valence-corrected chi connectivity index (χ0v) is 32.3. The number of rotatable bonds is 38. The third-order valence-corrected chi connectivity index (χ3v) is 10.1. The van der Waals surface area contributed by atoms with Crippen molar-refractivity contribution in [2.24, 2.45) is 5.41 Å². The maximum absolute atomic E-state index is 13.5. The van der Waals surface area contributed by atoms with Crippen molar-refractivity contribution in [1.82, 2.24) is 0 Å². The van der Waals surface area contributed by atoms with Crippen LogP contribution in [0.4, 0.5) is 0 Å². The van der Waals surface area contributed by atoms with Crippen LogP contribution in [0.5, 0.6) is 0 Å². The minimum absolute atomic E-state index is 0.163. The summed E-state index contributed by atoms with van der Waals surface area (Å²) in [5, 5.41) is 10.3. The van der Waals surface area contributed by atoms with Gasteiger partial charge < -0.3 is 5.11 Å². The number of Topliss-reactive ketones (excluding diaryl/α,β-unsaturated/α-hetero) is 2. The van der Waals surface area contributed by atoms with Gasteiger partial charge >= 0.3 is 5.97 Å². The number of allylic oxidation sites excluding steroid dienone is 4. The summed E-state index contributed by atoms with van der Waals surface area (Å²) in [6.07, 6.45) is 43.9. The van der Waals surface area contributed by atoms with Crippen molar-refractivity contribution >= 4 is 17.5 Å². The second kappa shape index (κ2) is 35.1. The third kappa shape index (κ3) is 25.3. The van der Waals surface area contributed by atoms with Gasteiger partial charge in [-0.3, -0.25) is 14.4 Å². The molecule has 0 saturated carbocycles. The van der Waals surface area contributed by atoms with Crippen LogP contribution < -0.4 is 0 Å². The number of hydrogen-bond acceptors (Lipinski definition) is 3. The number of carboxylic acid groups (broad SMARTS) is 1. The fourth-order valence-corrected chi connectivity index (χ4v) is 6.74. The second-order valence-corrected chi connectivity index (χ2v) is 14.5. The molecule has 0 radical (unpaired) electrons. The van der Waals surface area contributed by atoms with Crippen molar-refractivity contribution in [2.45, 2.75) is 233 Å². The van der Waals surface area contributed by atoms with Gasteiger partial charge in [-0.25, -0.2) is 0 Å². The summed E-state index contributed by atoms with van der Waals surface area (Å²) >= 11 is 0. The normalized spacial score (nSPS) is 13.1. The quantitative estimate of drug-likeness (QED) is 0.0402. The molecule has 4 heteroatoms. The summed E-state index contributed by atoms with van der Waals surface area (Å²) in [5.41, 5.74) is -1.84. The van der Waals surface area contributed by atoms with E-state index in [1.165, 1.54) is 89.9 Å². The summed E-state index contributed by atoms with van der Waals surface area (Å²) in [5.74, 6) is -1.90. The van der Waals surface area contributed by atoms with E-state index in [0.29, 0.717) is 19.3 Å². The van der Waals surface area contributed by atoms with Gasteiger partial charge in [-0.05, 0) is 70.6 Å². The molecule has 0 aromatic rings. The van der Waals surface area contributed by atoms with Gasteiger partial charge in [-0.1, -0.05) is 173 Å². The Kier molecular flexibility index (Phi) is 33.9. The van der Waals surface area contributed by atoms with E-state index in [2.05, 4.69) is 45.1 Å². The monoisotopic (exact) mass is 673 g/mol. The van der Waals surface area contributed by atoms with E-state index in [4.69, 9.17) is 0 Å². The lowest BCUT2D eigenvalue weighted by Gasteiger charge is -2.27. The first-order chi connectivity index (χ1) is 23.5. The van der Waals surface area contributed by atoms with E-state index < -0.39 is 11.4 Å². The van der Waals surface area contributed by atoms with Crippen molar-refractivity contribution in [2.75, 3.05) is 0 Å². The average molecular weight is 673 g/mol. The first-order valence-corrected chi connectivity index (χ1v) is 21.1. The molecule has 280 valence electrons. The van der Waals surface area contributed by atoms with Gasteiger partial charge in [0.15, 0.2) is 17.0 Å². The SMILES string of the molecule is CCCCCCCCC=CCCCCCCCC(=O)C(CCCCCC)(C(=O)O)C(=O)CCCCCCCC=CCCCCCCCC. The molecule has 1 N–H and O–H groups in total. The van der Waals surface area contributed by atoms with Crippen LogP contribution in [0.15, 0.2) is 24.3 Å². The zero-order chi connectivity index (χ0) is 35.4. The lowest BCUT2D eigenvalue weighted by Crippen LogP contribution is -2.46. The molecule has 0 fully saturated rings. The number of ketones is 2. The molecule has 0 aliphatic heterocycles. The Morgan fingerprint density at radius 1 is 0.396 bits per heavy atom. The van der Waals surface area contributed by atoms with Gasteiger partial charge in [-0.15, -0.1) is 0 Å². The van der Waals surface area contributed by atoms with Crippen molar-refractivity contribution in [3.8, 4) is 0 Å². The Balaban J connectivity index is 4.43. The Labute approximate surface area is 298 Å². The van der Waals surface area contributed by atoms with E-state index in [1.54, 1.807) is 0 Å². The minimum Gasteiger partial charge on any atom is -0.480 e. The minimum atomic E-state index is -1.84. The van der Waals surface area contributed by atoms with Crippen molar-refractivity contribution in [1.29, 1.82) is 0 Å². The van der Waals surface area contributed by atoms with E-state index in [9.17, 15) is 19.5 Å². The predicted molar refractivity (Wildman–Crippen MR) is 208 cm³/mol. The Morgan fingerprint density at radius 3 is 0.979 bits per heavy atom. The molecular weight excluding hydrogens is 592 g/mol. The molecule has 0 saturated heterocycles. The van der Waals surface area contributed by atoms with Gasteiger partial charge in [0.2, 0.25) is 0 Å². The topological polar surface area (TPSA) is 71.4 Å². The number of aliphatic carboxylic acids is 1. The van der Waals surface area contributed by atoms with Crippen LogP contribution >= 0.6 is 0 Å². The summed E-state index contributed by atoms with van der Waals surface area (Å²) in [7, 11) is 0. The van der Waals surface area contributed by atoms with Crippen molar-refractivity contribution in [3.05, 3.63) is 24.3 Å². The highest BCUT2D eigenvalue weighted by molar-refractivity contribution is 6.21. The number of carbonyl (C=O) groups is 3. The van der Waals surface area contributed by atoms with Gasteiger partial charge in [0, 0.05) is 12.8 Å². The molecule has 0 amide bonds. The molecule has 48 heavy (non-hydrogen) atoms. The van der Waals surface area contributed by atoms with Crippen molar-refractivity contribution < 1.29 is 19.5 Å². The molecule has 0 spiro atoms. The molecule has 0 aliphatic carbocycles. The van der Waals surface area contributed by atoms with Gasteiger partial charge in [0.1, 0.15) is 0 Å². The fraction of sp³-hybridized carbons (Fsp3) is 0.841. The number of carboxylic acids is 1. The number of hydrogen-bond donors (Lipinski definition) is 1. The highest BCUT2D eigenvalue weighted by Crippen LogP contribution is 2.33. The fourth-order valence-electron chi connectivity index (χ4n) is 6.74. The molecule has 0 unspecified atom stereocenters. The molecule has 4 nitrogen and oxygen atoms in total. The number of unbranched alkanes of at least 4 members (excludes halogenated alkanes) is 25. The predicted octanol–water partition coefficient (Wildman–Crippen LogP) is 14.2. The molecule has 0 rings (SSSR count). The molecule has 0 bridgehead atoms. The Bertz CT molecular complexity index is 759. The average Bonchev–Trinajstić information content (AvgIpc) is 3.08. The Hall–Kier alpha value is -1.71. The van der Waals surface area contributed by atoms with Gasteiger partial charge in [-0.2, -0.15) is 0 Å². The lowest BCUT2D eigenvalue weighted by atomic mass is 9.72. The third-order valence-electron chi connectivity index (χ3n) is 10.1. The maximum Gasteiger partial charge on any atom is 0.324 e. The summed E-state index contributed by atoms with van der Waals surface area (Å²) in [6.45, 7) is 6.62. The molecule has 0 aliphatic rings. The first kappa shape index (κ1) is 46.3. The summed E-state index contributed by atoms with van der Waals surface area (Å²) in [4.78, 5) is 39.6. The van der Waals surface area contributed by atoms with E-state index in [0.717, 1.165) is 83.5 Å². The molecule has 0 aromatic heterocycles. The van der Waals surface area contributed by atoms with Crippen LogP contribution in [0.25, 0.3) is 0 Å². The first-order valence-electron chi connectivity index (χ1n) is 21.1. The van der Waals surface area contributed by atoms with Crippen LogP contribution in [0.1, 0.15) is 233 Å². The largest absolute Gasteiger partial charge is 0.480 e. The van der Waals surface area contributed by atoms with Crippen LogP contribution in [0.2, 0.25) is 0 Å². The van der Waals surface area contributed by atoms with Gasteiger partial charge in [0.25, 0.3) is 0 Å². The smallest absolute Gasteiger partial charge is 0.324 e. The van der Waals surface area contributed by atoms with Crippen LogP contribution in [0, 0.1) is 5.41 Å². The van der Waals surface area contributed by atoms with Crippen LogP contribution in [-0.4, -0.2) is 22.6 Å². The van der Waals surface area contributed by atoms with Gasteiger partial charge in [0.05, 0.1) is 0 Å². The van der Waals surface area contributed by atoms with E-state index in [1.807, 2.05) is 0 Å². The lowest BCUT2D eigenvalue weighted by molar-refractivity contribution is -0.160. The van der Waals surface area contributed by atoms with E-state index in [-0.39, 0.29) is 30.8 Å². The summed E-state index contributed by atoms with van der Waals surface area (Å²) in [6, 6.07) is 0. The standard InChI is InChI=1S/C44H80O4/c1-4-7-10-13-15-17-19-21-23-25-27-29-31-33-35-38-41(45)44(43(47)48,40-37-12-9-6-3)42(46)39-36-34-32-30-28-26-24-22-20-18-16-14-11-8-5-2/h21-24H,4-20,25-40H2,1-3H3,(H,47,48). The Morgan fingerprint density at radius 2 is 0.667 bits per heavy atom. The molecule has 0 heterocycles. The molecular formula is C44H80O4. The maximum atomic E-state index is 13.5. The molecule has 0 aromatic carbocycles. The molecule has 0 atom stereocenters. The number of carbonyl (C=O) groups excluding carboxylic acids is 2.